The van der Waals surface area contributed by atoms with Gasteiger partial charge >= 0.3 is 6.16 Å². The van der Waals surface area contributed by atoms with E-state index in [9.17, 15) is 4.79 Å². The molecular weight excluding hydrogens is 252 g/mol. The number of hydrogen-bond donors (Lipinski definition) is 1. The molecule has 3 heteroatoms. The third-order valence-electron chi connectivity index (χ3n) is 3.40. The molecule has 2 aromatic rings. The molecule has 0 saturated carbocycles. The van der Waals surface area contributed by atoms with Crippen molar-refractivity contribution in [1.29, 1.82) is 0 Å². The summed E-state index contributed by atoms with van der Waals surface area (Å²) in [6.45, 7) is 2.27. The maximum Gasteiger partial charge on any atom is 0.505 e. The minimum Gasteiger partial charge on any atom is -0.450 e. The Balaban J connectivity index is 2.25. The van der Waals surface area contributed by atoms with E-state index in [-0.39, 0.29) is 12.5 Å². The molecule has 2 rings (SSSR count). The second-order valence-corrected chi connectivity index (χ2v) is 4.72. The maximum absolute atomic E-state index is 10.5. The summed E-state index contributed by atoms with van der Waals surface area (Å²) in [5.74, 6) is 0.150. The molecule has 20 heavy (non-hydrogen) atoms. The largest absolute Gasteiger partial charge is 0.505 e. The van der Waals surface area contributed by atoms with Gasteiger partial charge in [-0.3, -0.25) is 0 Å². The van der Waals surface area contributed by atoms with Gasteiger partial charge in [-0.2, -0.15) is 0 Å². The molecular formula is C17H18O3. The zero-order valence-corrected chi connectivity index (χ0v) is 11.5. The highest BCUT2D eigenvalue weighted by molar-refractivity contribution is 5.56. The highest BCUT2D eigenvalue weighted by atomic mass is 16.7. The first-order valence-corrected chi connectivity index (χ1v) is 6.64. The lowest BCUT2D eigenvalue weighted by Crippen LogP contribution is -2.09. The second kappa shape index (κ2) is 6.75. The third-order valence-corrected chi connectivity index (χ3v) is 3.40. The summed E-state index contributed by atoms with van der Waals surface area (Å²) in [4.78, 5) is 10.5. The lowest BCUT2D eigenvalue weighted by molar-refractivity contribution is 0.0896. The Labute approximate surface area is 118 Å². The van der Waals surface area contributed by atoms with Crippen molar-refractivity contribution in [2.24, 2.45) is 0 Å². The van der Waals surface area contributed by atoms with Crippen LogP contribution >= 0.6 is 0 Å². The van der Waals surface area contributed by atoms with E-state index in [0.717, 1.165) is 0 Å². The van der Waals surface area contributed by atoms with Gasteiger partial charge in [-0.15, -0.1) is 0 Å². The van der Waals surface area contributed by atoms with Crippen LogP contribution < -0.4 is 0 Å². The van der Waals surface area contributed by atoms with Crippen molar-refractivity contribution in [3.63, 3.8) is 0 Å². The van der Waals surface area contributed by atoms with E-state index in [1.807, 2.05) is 30.3 Å². The van der Waals surface area contributed by atoms with Crippen LogP contribution in [-0.4, -0.2) is 17.9 Å². The van der Waals surface area contributed by atoms with Gasteiger partial charge in [0.2, 0.25) is 0 Å². The van der Waals surface area contributed by atoms with E-state index in [1.54, 1.807) is 0 Å². The van der Waals surface area contributed by atoms with Gasteiger partial charge in [0.25, 0.3) is 0 Å². The summed E-state index contributed by atoms with van der Waals surface area (Å²) in [6.07, 6.45) is -0.581. The van der Waals surface area contributed by atoms with Crippen molar-refractivity contribution in [3.05, 3.63) is 71.3 Å². The van der Waals surface area contributed by atoms with Crippen molar-refractivity contribution < 1.29 is 14.6 Å². The summed E-state index contributed by atoms with van der Waals surface area (Å²) < 4.78 is 4.67. The van der Waals surface area contributed by atoms with Gasteiger partial charge in [0.15, 0.2) is 0 Å². The topological polar surface area (TPSA) is 46.5 Å². The van der Waals surface area contributed by atoms with Gasteiger partial charge in [-0.1, -0.05) is 54.6 Å². The molecule has 0 aliphatic carbocycles. The minimum absolute atomic E-state index is 0.150. The number of hydrogen-bond acceptors (Lipinski definition) is 2. The molecule has 0 aliphatic rings. The van der Waals surface area contributed by atoms with Gasteiger partial charge in [0.05, 0.1) is 6.61 Å². The Bertz CT molecular complexity index is 563. The Hall–Kier alpha value is -2.29. The first-order chi connectivity index (χ1) is 9.68. The summed E-state index contributed by atoms with van der Waals surface area (Å²) in [5, 5.41) is 8.60. The summed E-state index contributed by atoms with van der Waals surface area (Å²) in [6, 6.07) is 18.3. The molecule has 1 unspecified atom stereocenters. The fraction of sp³-hybridized carbons (Fsp3) is 0.235. The third kappa shape index (κ3) is 3.60. The highest BCUT2D eigenvalue weighted by Gasteiger charge is 2.16. The number of aryl methyl sites for hydroxylation is 1. The molecule has 0 saturated heterocycles. The van der Waals surface area contributed by atoms with Crippen molar-refractivity contribution in [3.8, 4) is 0 Å². The van der Waals surface area contributed by atoms with Crippen molar-refractivity contribution in [2.75, 3.05) is 6.61 Å². The zero-order chi connectivity index (χ0) is 14.4. The van der Waals surface area contributed by atoms with Gasteiger partial charge in [0.1, 0.15) is 0 Å². The van der Waals surface area contributed by atoms with E-state index in [0.29, 0.717) is 6.42 Å². The van der Waals surface area contributed by atoms with E-state index < -0.39 is 6.16 Å². The van der Waals surface area contributed by atoms with E-state index in [4.69, 9.17) is 5.11 Å². The molecule has 1 N–H and O–H groups in total. The Morgan fingerprint density at radius 2 is 1.75 bits per heavy atom. The van der Waals surface area contributed by atoms with Crippen LogP contribution in [0.15, 0.2) is 54.6 Å². The SMILES string of the molecule is Cc1ccccc1C(CCOC(=O)O)c1ccccc1. The molecule has 104 valence electrons. The minimum atomic E-state index is -1.22. The molecule has 0 fully saturated rings. The lowest BCUT2D eigenvalue weighted by atomic mass is 9.86. The van der Waals surface area contributed by atoms with Gasteiger partial charge in [0, 0.05) is 5.92 Å². The molecule has 0 amide bonds. The molecule has 2 aromatic carbocycles. The van der Waals surface area contributed by atoms with Crippen molar-refractivity contribution in [1.82, 2.24) is 0 Å². The van der Waals surface area contributed by atoms with Gasteiger partial charge in [-0.25, -0.2) is 4.79 Å². The monoisotopic (exact) mass is 270 g/mol. The Kier molecular flexibility index (Phi) is 4.77. The molecule has 1 atom stereocenters. The fourth-order valence-electron chi connectivity index (χ4n) is 2.43. The number of ether oxygens (including phenoxy) is 1. The molecule has 0 spiro atoms. The first kappa shape index (κ1) is 14.1. The summed E-state index contributed by atoms with van der Waals surface area (Å²) in [7, 11) is 0. The predicted octanol–water partition coefficient (Wildman–Crippen LogP) is 4.21. The average Bonchev–Trinajstić information content (AvgIpc) is 2.45. The van der Waals surface area contributed by atoms with Gasteiger partial charge in [-0.05, 0) is 30.0 Å². The molecule has 0 heterocycles. The molecule has 0 aromatic heterocycles. The van der Waals surface area contributed by atoms with Crippen LogP contribution in [0.1, 0.15) is 29.0 Å². The molecule has 0 radical (unpaired) electrons. The van der Waals surface area contributed by atoms with E-state index in [1.165, 1.54) is 16.7 Å². The molecule has 3 nitrogen and oxygen atoms in total. The Morgan fingerprint density at radius 1 is 1.10 bits per heavy atom. The smallest absolute Gasteiger partial charge is 0.450 e. The highest BCUT2D eigenvalue weighted by Crippen LogP contribution is 2.30. The lowest BCUT2D eigenvalue weighted by Gasteiger charge is -2.19. The average molecular weight is 270 g/mol. The van der Waals surface area contributed by atoms with Crippen LogP contribution in [0, 0.1) is 6.92 Å². The molecule has 0 aliphatic heterocycles. The maximum atomic E-state index is 10.5. The zero-order valence-electron chi connectivity index (χ0n) is 11.5. The number of carboxylic acid groups (broad SMARTS) is 1. The van der Waals surface area contributed by atoms with Gasteiger partial charge < -0.3 is 9.84 Å². The van der Waals surface area contributed by atoms with Crippen LogP contribution in [0.4, 0.5) is 4.79 Å². The van der Waals surface area contributed by atoms with Crippen LogP contribution in [0.2, 0.25) is 0 Å². The fourth-order valence-corrected chi connectivity index (χ4v) is 2.43. The first-order valence-electron chi connectivity index (χ1n) is 6.64. The predicted molar refractivity (Wildman–Crippen MR) is 78.1 cm³/mol. The van der Waals surface area contributed by atoms with Crippen LogP contribution in [0.3, 0.4) is 0 Å². The molecule has 0 bridgehead atoms. The number of carbonyl (C=O) groups is 1. The standard InChI is InChI=1S/C17H18O3/c1-13-7-5-6-10-15(13)16(11-12-20-17(18)19)14-8-3-2-4-9-14/h2-10,16H,11-12H2,1H3,(H,18,19). The van der Waals surface area contributed by atoms with Crippen molar-refractivity contribution in [2.45, 2.75) is 19.3 Å². The Morgan fingerprint density at radius 3 is 2.40 bits per heavy atom. The number of benzene rings is 2. The summed E-state index contributed by atoms with van der Waals surface area (Å²) in [5.41, 5.74) is 3.60. The normalized spacial score (nSPS) is 11.8. The summed E-state index contributed by atoms with van der Waals surface area (Å²) >= 11 is 0. The second-order valence-electron chi connectivity index (χ2n) is 4.72. The van der Waals surface area contributed by atoms with E-state index >= 15 is 0 Å². The van der Waals surface area contributed by atoms with Crippen LogP contribution in [0.25, 0.3) is 0 Å². The van der Waals surface area contributed by atoms with Crippen molar-refractivity contribution >= 4 is 6.16 Å². The number of rotatable bonds is 5. The quantitative estimate of drug-likeness (QED) is 0.828. The van der Waals surface area contributed by atoms with Crippen LogP contribution in [-0.2, 0) is 4.74 Å². The van der Waals surface area contributed by atoms with E-state index in [2.05, 4.69) is 35.9 Å². The van der Waals surface area contributed by atoms with Crippen LogP contribution in [0.5, 0.6) is 0 Å².